The number of para-hydroxylation sites is 1. The summed E-state index contributed by atoms with van der Waals surface area (Å²) in [4.78, 5) is 32.9. The molecule has 0 saturated carbocycles. The fourth-order valence-corrected chi connectivity index (χ4v) is 1.53. The minimum absolute atomic E-state index is 0.0669. The Hall–Kier alpha value is -2.68. The first-order valence-corrected chi connectivity index (χ1v) is 6.04. The van der Waals surface area contributed by atoms with Crippen LogP contribution in [0.1, 0.15) is 17.3 Å². The van der Waals surface area contributed by atoms with Crippen LogP contribution in [-0.4, -0.2) is 41.1 Å². The molecule has 1 aromatic rings. The third-order valence-corrected chi connectivity index (χ3v) is 2.51. The van der Waals surface area contributed by atoms with Crippen LogP contribution in [0.25, 0.3) is 0 Å². The topological polar surface area (TPSA) is 145 Å². The molecule has 114 valence electrons. The van der Waals surface area contributed by atoms with Crippen molar-refractivity contribution in [3.8, 4) is 5.75 Å². The van der Waals surface area contributed by atoms with E-state index in [-0.39, 0.29) is 23.6 Å². The summed E-state index contributed by atoms with van der Waals surface area (Å²) in [5.74, 6) is -1.88. The fraction of sp³-hybridized carbons (Fsp3) is 0.333. The van der Waals surface area contributed by atoms with Gasteiger partial charge in [0.15, 0.2) is 0 Å². The Bertz CT molecular complexity index is 560. The van der Waals surface area contributed by atoms with Gasteiger partial charge in [-0.15, -0.1) is 0 Å². The average molecular weight is 297 g/mol. The number of aliphatic hydroxyl groups excluding tert-OH is 1. The van der Waals surface area contributed by atoms with Crippen molar-refractivity contribution in [2.24, 2.45) is 5.73 Å². The van der Waals surface area contributed by atoms with E-state index in [1.807, 2.05) is 0 Å². The molecule has 1 atom stereocenters. The number of carbonyl (C=O) groups is 2. The van der Waals surface area contributed by atoms with E-state index in [0.29, 0.717) is 0 Å². The third kappa shape index (κ3) is 4.14. The SMILES string of the molecule is CCOc1c(C(=O)NCC(O)C(N)=O)cccc1[N+](=O)[O-]. The number of nitrogens with zero attached hydrogens (tertiary/aromatic N) is 1. The smallest absolute Gasteiger partial charge is 0.311 e. The Morgan fingerprint density at radius 2 is 2.19 bits per heavy atom. The van der Waals surface area contributed by atoms with Gasteiger partial charge in [-0.3, -0.25) is 19.7 Å². The molecule has 0 aliphatic heterocycles. The first-order valence-electron chi connectivity index (χ1n) is 6.04. The molecule has 0 radical (unpaired) electrons. The Labute approximate surface area is 119 Å². The van der Waals surface area contributed by atoms with Gasteiger partial charge >= 0.3 is 5.69 Å². The molecule has 21 heavy (non-hydrogen) atoms. The number of nitro groups is 1. The summed E-state index contributed by atoms with van der Waals surface area (Å²) in [5.41, 5.74) is 4.43. The molecule has 1 aromatic carbocycles. The molecule has 1 rings (SSSR count). The Morgan fingerprint density at radius 3 is 2.71 bits per heavy atom. The van der Waals surface area contributed by atoms with Crippen LogP contribution < -0.4 is 15.8 Å². The number of hydrogen-bond acceptors (Lipinski definition) is 6. The van der Waals surface area contributed by atoms with E-state index in [2.05, 4.69) is 5.32 Å². The predicted octanol–water partition coefficient (Wildman–Crippen LogP) is -0.430. The Morgan fingerprint density at radius 1 is 1.52 bits per heavy atom. The van der Waals surface area contributed by atoms with Crippen molar-refractivity contribution in [1.29, 1.82) is 0 Å². The van der Waals surface area contributed by atoms with Crippen molar-refractivity contribution in [3.05, 3.63) is 33.9 Å². The number of ether oxygens (including phenoxy) is 1. The van der Waals surface area contributed by atoms with Gasteiger partial charge in [0.05, 0.1) is 23.6 Å². The molecule has 9 heteroatoms. The predicted molar refractivity (Wildman–Crippen MR) is 71.8 cm³/mol. The third-order valence-electron chi connectivity index (χ3n) is 2.51. The molecule has 0 saturated heterocycles. The minimum Gasteiger partial charge on any atom is -0.487 e. The zero-order valence-corrected chi connectivity index (χ0v) is 11.2. The number of primary amides is 1. The molecule has 4 N–H and O–H groups in total. The number of benzene rings is 1. The van der Waals surface area contributed by atoms with Gasteiger partial charge in [0.25, 0.3) is 5.91 Å². The van der Waals surface area contributed by atoms with Crippen LogP contribution in [0, 0.1) is 10.1 Å². The molecular weight excluding hydrogens is 282 g/mol. The second-order valence-electron chi connectivity index (χ2n) is 3.97. The number of carbonyl (C=O) groups excluding carboxylic acids is 2. The van der Waals surface area contributed by atoms with E-state index < -0.39 is 29.4 Å². The highest BCUT2D eigenvalue weighted by Gasteiger charge is 2.23. The van der Waals surface area contributed by atoms with Crippen molar-refractivity contribution in [2.75, 3.05) is 13.2 Å². The first kappa shape index (κ1) is 16.4. The summed E-state index contributed by atoms with van der Waals surface area (Å²) in [7, 11) is 0. The van der Waals surface area contributed by atoms with E-state index >= 15 is 0 Å². The van der Waals surface area contributed by atoms with Crippen LogP contribution in [0.3, 0.4) is 0 Å². The number of nitrogens with two attached hydrogens (primary N) is 1. The van der Waals surface area contributed by atoms with E-state index in [0.717, 1.165) is 0 Å². The minimum atomic E-state index is -1.54. The van der Waals surface area contributed by atoms with Crippen molar-refractivity contribution in [1.82, 2.24) is 5.32 Å². The van der Waals surface area contributed by atoms with Crippen LogP contribution in [0.4, 0.5) is 5.69 Å². The second-order valence-corrected chi connectivity index (χ2v) is 3.97. The first-order chi connectivity index (χ1) is 9.88. The van der Waals surface area contributed by atoms with Gasteiger partial charge in [-0.25, -0.2) is 0 Å². The van der Waals surface area contributed by atoms with Gasteiger partial charge in [-0.05, 0) is 13.0 Å². The second kappa shape index (κ2) is 7.20. The lowest BCUT2D eigenvalue weighted by Crippen LogP contribution is -2.40. The van der Waals surface area contributed by atoms with E-state index in [4.69, 9.17) is 10.5 Å². The molecule has 0 spiro atoms. The van der Waals surface area contributed by atoms with Crippen molar-refractivity contribution >= 4 is 17.5 Å². The Balaban J connectivity index is 3.00. The quantitative estimate of drug-likeness (QED) is 0.460. The molecule has 0 aliphatic carbocycles. The highest BCUT2D eigenvalue weighted by atomic mass is 16.6. The highest BCUT2D eigenvalue weighted by molar-refractivity contribution is 5.98. The average Bonchev–Trinajstić information content (AvgIpc) is 2.44. The lowest BCUT2D eigenvalue weighted by Gasteiger charge is -2.12. The number of rotatable bonds is 7. The lowest BCUT2D eigenvalue weighted by molar-refractivity contribution is -0.385. The van der Waals surface area contributed by atoms with E-state index in [1.165, 1.54) is 18.2 Å². The fourth-order valence-electron chi connectivity index (χ4n) is 1.53. The summed E-state index contributed by atoms with van der Waals surface area (Å²) in [5, 5.41) is 22.4. The van der Waals surface area contributed by atoms with Crippen LogP contribution >= 0.6 is 0 Å². The van der Waals surface area contributed by atoms with Crippen LogP contribution in [0.15, 0.2) is 18.2 Å². The molecule has 1 unspecified atom stereocenters. The van der Waals surface area contributed by atoms with E-state index in [9.17, 15) is 24.8 Å². The van der Waals surface area contributed by atoms with Crippen LogP contribution in [-0.2, 0) is 4.79 Å². The maximum Gasteiger partial charge on any atom is 0.311 e. The van der Waals surface area contributed by atoms with Gasteiger partial charge in [0.1, 0.15) is 6.10 Å². The summed E-state index contributed by atoms with van der Waals surface area (Å²) in [6.45, 7) is 1.35. The number of hydrogen-bond donors (Lipinski definition) is 3. The van der Waals surface area contributed by atoms with Crippen molar-refractivity contribution in [3.63, 3.8) is 0 Å². The van der Waals surface area contributed by atoms with E-state index in [1.54, 1.807) is 6.92 Å². The van der Waals surface area contributed by atoms with Gasteiger partial charge in [-0.2, -0.15) is 0 Å². The molecule has 0 aliphatic rings. The number of nitrogens with one attached hydrogen (secondary N) is 1. The monoisotopic (exact) mass is 297 g/mol. The molecule has 0 fully saturated rings. The van der Waals surface area contributed by atoms with Gasteiger partial charge in [0, 0.05) is 6.07 Å². The van der Waals surface area contributed by atoms with Crippen molar-refractivity contribution < 1.29 is 24.4 Å². The maximum absolute atomic E-state index is 12.0. The van der Waals surface area contributed by atoms with Crippen LogP contribution in [0.2, 0.25) is 0 Å². The zero-order chi connectivity index (χ0) is 16.0. The normalized spacial score (nSPS) is 11.5. The Kier molecular flexibility index (Phi) is 5.61. The highest BCUT2D eigenvalue weighted by Crippen LogP contribution is 2.30. The molecule has 0 heterocycles. The molecule has 9 nitrogen and oxygen atoms in total. The number of amides is 2. The lowest BCUT2D eigenvalue weighted by atomic mass is 10.1. The molecule has 2 amide bonds. The van der Waals surface area contributed by atoms with Gasteiger partial charge in [0.2, 0.25) is 11.7 Å². The summed E-state index contributed by atoms with van der Waals surface area (Å²) >= 11 is 0. The largest absolute Gasteiger partial charge is 0.487 e. The standard InChI is InChI=1S/C12H15N3O6/c1-2-21-10-7(4-3-5-8(10)15(19)20)12(18)14-6-9(16)11(13)17/h3-5,9,16H,2,6H2,1H3,(H2,13,17)(H,14,18). The number of nitro benzene ring substituents is 1. The maximum atomic E-state index is 12.0. The van der Waals surface area contributed by atoms with Gasteiger partial charge < -0.3 is 20.9 Å². The van der Waals surface area contributed by atoms with Crippen LogP contribution in [0.5, 0.6) is 5.75 Å². The van der Waals surface area contributed by atoms with Crippen molar-refractivity contribution in [2.45, 2.75) is 13.0 Å². The number of aliphatic hydroxyl groups is 1. The molecule has 0 aromatic heterocycles. The molecular formula is C12H15N3O6. The zero-order valence-electron chi connectivity index (χ0n) is 11.2. The summed E-state index contributed by atoms with van der Waals surface area (Å²) in [6, 6.07) is 3.88. The summed E-state index contributed by atoms with van der Waals surface area (Å²) in [6.07, 6.45) is -1.54. The summed E-state index contributed by atoms with van der Waals surface area (Å²) < 4.78 is 5.15. The van der Waals surface area contributed by atoms with Gasteiger partial charge in [-0.1, -0.05) is 6.07 Å². The molecule has 0 bridgehead atoms.